The van der Waals surface area contributed by atoms with E-state index in [1.54, 1.807) is 0 Å². The fourth-order valence-corrected chi connectivity index (χ4v) is 1.96. The van der Waals surface area contributed by atoms with E-state index in [2.05, 4.69) is 35.1 Å². The first-order valence-electron chi connectivity index (χ1n) is 5.43. The third kappa shape index (κ3) is 4.06. The van der Waals surface area contributed by atoms with E-state index in [4.69, 9.17) is 17.3 Å². The van der Waals surface area contributed by atoms with Crippen LogP contribution in [-0.4, -0.2) is 13.1 Å². The van der Waals surface area contributed by atoms with E-state index in [1.165, 1.54) is 5.56 Å². The molecule has 0 amide bonds. The molecule has 1 aromatic rings. The van der Waals surface area contributed by atoms with E-state index in [1.807, 2.05) is 18.2 Å². The number of hydrogen-bond donors (Lipinski definition) is 2. The second-order valence-corrected chi connectivity index (χ2v) is 5.53. The normalized spacial score (nSPS) is 13.1. The van der Waals surface area contributed by atoms with E-state index < -0.39 is 0 Å². The maximum atomic E-state index is 5.96. The van der Waals surface area contributed by atoms with Gasteiger partial charge in [0.2, 0.25) is 0 Å². The van der Waals surface area contributed by atoms with Crippen LogP contribution in [0.4, 0.5) is 0 Å². The van der Waals surface area contributed by atoms with Crippen LogP contribution < -0.4 is 11.1 Å². The number of halogens is 2. The zero-order valence-corrected chi connectivity index (χ0v) is 12.0. The van der Waals surface area contributed by atoms with Crippen molar-refractivity contribution >= 4 is 27.5 Å². The van der Waals surface area contributed by atoms with Gasteiger partial charge in [-0.05, 0) is 46.1 Å². The van der Waals surface area contributed by atoms with Gasteiger partial charge in [0.05, 0.1) is 5.02 Å². The maximum absolute atomic E-state index is 5.96. The minimum absolute atomic E-state index is 0.191. The quantitative estimate of drug-likeness (QED) is 0.875. The summed E-state index contributed by atoms with van der Waals surface area (Å²) in [6.45, 7) is 5.90. The molecule has 3 N–H and O–H groups in total. The molecule has 16 heavy (non-hydrogen) atoms. The number of nitrogens with one attached hydrogen (secondary N) is 1. The molecule has 1 unspecified atom stereocenters. The fourth-order valence-electron chi connectivity index (χ4n) is 1.44. The van der Waals surface area contributed by atoms with Crippen LogP contribution in [0.1, 0.15) is 25.5 Å². The van der Waals surface area contributed by atoms with Gasteiger partial charge >= 0.3 is 0 Å². The van der Waals surface area contributed by atoms with Crippen molar-refractivity contribution in [2.45, 2.75) is 19.9 Å². The monoisotopic (exact) mass is 304 g/mol. The molecule has 0 aromatic heterocycles. The van der Waals surface area contributed by atoms with Gasteiger partial charge in [0.25, 0.3) is 0 Å². The lowest BCUT2D eigenvalue weighted by Gasteiger charge is -2.19. The van der Waals surface area contributed by atoms with Crippen LogP contribution in [0.25, 0.3) is 0 Å². The highest BCUT2D eigenvalue weighted by Gasteiger charge is 2.10. The van der Waals surface area contributed by atoms with E-state index in [0.717, 1.165) is 16.0 Å². The molecule has 0 fully saturated rings. The SMILES string of the molecule is CC(C)CNC(CN)c1ccc(Cl)c(Br)c1. The van der Waals surface area contributed by atoms with Gasteiger partial charge in [-0.3, -0.25) is 0 Å². The topological polar surface area (TPSA) is 38.0 Å². The first-order valence-corrected chi connectivity index (χ1v) is 6.60. The van der Waals surface area contributed by atoms with Gasteiger partial charge in [-0.15, -0.1) is 0 Å². The average molecular weight is 306 g/mol. The zero-order valence-electron chi connectivity index (χ0n) is 9.63. The Morgan fingerprint density at radius 1 is 1.44 bits per heavy atom. The van der Waals surface area contributed by atoms with E-state index in [0.29, 0.717) is 12.5 Å². The molecule has 0 aliphatic carbocycles. The van der Waals surface area contributed by atoms with Gasteiger partial charge < -0.3 is 11.1 Å². The van der Waals surface area contributed by atoms with Crippen LogP contribution in [0.5, 0.6) is 0 Å². The Balaban J connectivity index is 2.74. The lowest BCUT2D eigenvalue weighted by molar-refractivity contribution is 0.479. The highest BCUT2D eigenvalue weighted by Crippen LogP contribution is 2.25. The summed E-state index contributed by atoms with van der Waals surface area (Å²) in [4.78, 5) is 0. The molecule has 0 radical (unpaired) electrons. The lowest BCUT2D eigenvalue weighted by atomic mass is 10.1. The summed E-state index contributed by atoms with van der Waals surface area (Å²) in [5, 5.41) is 4.17. The van der Waals surface area contributed by atoms with E-state index >= 15 is 0 Å². The Labute approximate surface area is 111 Å². The number of rotatable bonds is 5. The highest BCUT2D eigenvalue weighted by atomic mass is 79.9. The van der Waals surface area contributed by atoms with Crippen LogP contribution in [-0.2, 0) is 0 Å². The largest absolute Gasteiger partial charge is 0.329 e. The van der Waals surface area contributed by atoms with Crippen molar-refractivity contribution in [1.29, 1.82) is 0 Å². The molecule has 0 saturated heterocycles. The van der Waals surface area contributed by atoms with Crippen molar-refractivity contribution in [2.75, 3.05) is 13.1 Å². The van der Waals surface area contributed by atoms with Gasteiger partial charge in [0.15, 0.2) is 0 Å². The van der Waals surface area contributed by atoms with Crippen LogP contribution in [0.15, 0.2) is 22.7 Å². The molecule has 1 aromatic carbocycles. The Morgan fingerprint density at radius 3 is 2.62 bits per heavy atom. The van der Waals surface area contributed by atoms with Crippen molar-refractivity contribution < 1.29 is 0 Å². The minimum atomic E-state index is 0.191. The molecule has 1 atom stereocenters. The van der Waals surface area contributed by atoms with Crippen molar-refractivity contribution in [3.8, 4) is 0 Å². The second-order valence-electron chi connectivity index (χ2n) is 4.26. The summed E-state index contributed by atoms with van der Waals surface area (Å²) in [6.07, 6.45) is 0. The van der Waals surface area contributed by atoms with Crippen molar-refractivity contribution in [3.05, 3.63) is 33.3 Å². The fraction of sp³-hybridized carbons (Fsp3) is 0.500. The molecule has 0 spiro atoms. The summed E-state index contributed by atoms with van der Waals surface area (Å²) >= 11 is 9.38. The summed E-state index contributed by atoms with van der Waals surface area (Å²) in [5.41, 5.74) is 6.93. The molecular weight excluding hydrogens is 288 g/mol. The standard InChI is InChI=1S/C12H18BrClN2/c1-8(2)7-16-12(6-15)9-3-4-11(14)10(13)5-9/h3-5,8,12,16H,6-7,15H2,1-2H3. The van der Waals surface area contributed by atoms with Gasteiger partial charge in [0, 0.05) is 17.1 Å². The smallest absolute Gasteiger partial charge is 0.0548 e. The zero-order chi connectivity index (χ0) is 12.1. The summed E-state index contributed by atoms with van der Waals surface area (Å²) in [7, 11) is 0. The molecule has 4 heteroatoms. The molecule has 2 nitrogen and oxygen atoms in total. The number of nitrogens with two attached hydrogens (primary N) is 1. The highest BCUT2D eigenvalue weighted by molar-refractivity contribution is 9.10. The van der Waals surface area contributed by atoms with Crippen LogP contribution in [0, 0.1) is 5.92 Å². The Hall–Kier alpha value is -0.0900. The van der Waals surface area contributed by atoms with Gasteiger partial charge in [0.1, 0.15) is 0 Å². The molecule has 0 heterocycles. The Bertz CT molecular complexity index is 342. The molecule has 90 valence electrons. The molecule has 1 rings (SSSR count). The van der Waals surface area contributed by atoms with Gasteiger partial charge in [-0.2, -0.15) is 0 Å². The lowest BCUT2D eigenvalue weighted by Crippen LogP contribution is -2.30. The molecule has 0 aliphatic rings. The van der Waals surface area contributed by atoms with Crippen LogP contribution in [0.2, 0.25) is 5.02 Å². The summed E-state index contributed by atoms with van der Waals surface area (Å²) in [6, 6.07) is 6.11. The molecule has 0 aliphatic heterocycles. The second kappa shape index (κ2) is 6.60. The van der Waals surface area contributed by atoms with Crippen molar-refractivity contribution in [2.24, 2.45) is 11.7 Å². The molecular formula is C12H18BrClN2. The number of benzene rings is 1. The van der Waals surface area contributed by atoms with E-state index in [9.17, 15) is 0 Å². The molecule has 0 saturated carbocycles. The average Bonchev–Trinajstić information content (AvgIpc) is 2.23. The number of hydrogen-bond acceptors (Lipinski definition) is 2. The summed E-state index contributed by atoms with van der Waals surface area (Å²) < 4.78 is 0.913. The van der Waals surface area contributed by atoms with Gasteiger partial charge in [-0.25, -0.2) is 0 Å². The Morgan fingerprint density at radius 2 is 2.12 bits per heavy atom. The van der Waals surface area contributed by atoms with E-state index in [-0.39, 0.29) is 6.04 Å². The first-order chi connectivity index (χ1) is 7.54. The Kier molecular flexibility index (Phi) is 5.76. The predicted molar refractivity (Wildman–Crippen MR) is 73.8 cm³/mol. The summed E-state index contributed by atoms with van der Waals surface area (Å²) in [5.74, 6) is 0.616. The molecule has 0 bridgehead atoms. The van der Waals surface area contributed by atoms with Gasteiger partial charge in [-0.1, -0.05) is 31.5 Å². The first kappa shape index (κ1) is 14.0. The predicted octanol–water partition coefficient (Wildman–Crippen LogP) is 3.35. The van der Waals surface area contributed by atoms with Crippen molar-refractivity contribution in [3.63, 3.8) is 0 Å². The van der Waals surface area contributed by atoms with Crippen LogP contribution in [0.3, 0.4) is 0 Å². The van der Waals surface area contributed by atoms with Crippen LogP contribution >= 0.6 is 27.5 Å². The van der Waals surface area contributed by atoms with Crippen molar-refractivity contribution in [1.82, 2.24) is 5.32 Å². The maximum Gasteiger partial charge on any atom is 0.0548 e. The third-order valence-corrected chi connectivity index (χ3v) is 3.57. The minimum Gasteiger partial charge on any atom is -0.329 e. The third-order valence-electron chi connectivity index (χ3n) is 2.35.